The van der Waals surface area contributed by atoms with Crippen LogP contribution >= 0.6 is 0 Å². The Labute approximate surface area is 97.0 Å². The van der Waals surface area contributed by atoms with E-state index in [0.29, 0.717) is 0 Å². The second-order valence-corrected chi connectivity index (χ2v) is 2.39. The van der Waals surface area contributed by atoms with E-state index in [4.69, 9.17) is 5.11 Å². The number of carboxylic acid groups (broad SMARTS) is 1. The van der Waals surface area contributed by atoms with Crippen molar-refractivity contribution in [2.24, 2.45) is 0 Å². The molecular weight excluding hydrogens is 196 g/mol. The monoisotopic (exact) mass is 206 g/mol. The topological polar surface area (TPSA) is 63.6 Å². The van der Waals surface area contributed by atoms with Gasteiger partial charge in [-0.05, 0) is 12.1 Å². The summed E-state index contributed by atoms with van der Waals surface area (Å²) in [4.78, 5) is 21.2. The predicted octanol–water partition coefficient (Wildman–Crippen LogP) is 0.394. The van der Waals surface area contributed by atoms with Gasteiger partial charge in [-0.1, -0.05) is 12.1 Å². The van der Waals surface area contributed by atoms with E-state index in [0.717, 1.165) is 0 Å². The molecule has 0 heterocycles. The van der Waals surface area contributed by atoms with Gasteiger partial charge in [0.15, 0.2) is 0 Å². The largest absolute Gasteiger partial charge is 0.478 e. The lowest BCUT2D eigenvalue weighted by molar-refractivity contribution is -0.131. The van der Waals surface area contributed by atoms with Crippen LogP contribution in [0, 0.1) is 0 Å². The lowest BCUT2D eigenvalue weighted by Gasteiger charge is -2.03. The summed E-state index contributed by atoms with van der Waals surface area (Å²) in [5, 5.41) is 8.69. The van der Waals surface area contributed by atoms with Gasteiger partial charge >= 0.3 is 35.0 Å². The van der Waals surface area contributed by atoms with Gasteiger partial charge < -0.3 is 9.84 Å². The summed E-state index contributed by atoms with van der Waals surface area (Å²) in [6, 6.07) is 5.98. The molecule has 0 spiro atoms. The van der Waals surface area contributed by atoms with Gasteiger partial charge in [-0.15, -0.1) is 0 Å². The van der Waals surface area contributed by atoms with Crippen LogP contribution in [-0.4, -0.2) is 40.1 Å². The van der Waals surface area contributed by atoms with Crippen LogP contribution in [0.15, 0.2) is 24.3 Å². The molecule has 0 aromatic heterocycles. The summed E-state index contributed by atoms with van der Waals surface area (Å²) in [6.45, 7) is 1.22. The molecule has 0 bridgehead atoms. The smallest absolute Gasteiger partial charge is 0.339 e. The molecule has 0 radical (unpaired) electrons. The number of carboxylic acids is 1. The summed E-state index contributed by atoms with van der Waals surface area (Å²) in [7, 11) is 0. The highest BCUT2D eigenvalue weighted by Crippen LogP contribution is 2.17. The molecule has 0 amide bonds. The van der Waals surface area contributed by atoms with Crippen molar-refractivity contribution in [3.63, 3.8) is 0 Å². The van der Waals surface area contributed by atoms with Crippen LogP contribution in [0.5, 0.6) is 5.75 Å². The Morgan fingerprint density at radius 2 is 1.86 bits per heavy atom. The first-order valence-electron chi connectivity index (χ1n) is 3.62. The summed E-state index contributed by atoms with van der Waals surface area (Å²) in [5.41, 5.74) is -0.0160. The van der Waals surface area contributed by atoms with Gasteiger partial charge in [0.25, 0.3) is 0 Å². The average Bonchev–Trinajstić information content (AvgIpc) is 2.03. The Balaban J connectivity index is 0.00000169. The third kappa shape index (κ3) is 3.35. The molecule has 1 N–H and O–H groups in total. The summed E-state index contributed by atoms with van der Waals surface area (Å²) >= 11 is 0. The molecule has 4 nitrogen and oxygen atoms in total. The molecule has 0 unspecified atom stereocenters. The van der Waals surface area contributed by atoms with Crippen LogP contribution in [0.4, 0.5) is 0 Å². The number of benzene rings is 1. The molecule has 0 aliphatic heterocycles. The van der Waals surface area contributed by atoms with Crippen molar-refractivity contribution >= 4 is 35.0 Å². The molecule has 0 aliphatic rings. The van der Waals surface area contributed by atoms with Crippen molar-refractivity contribution in [3.05, 3.63) is 29.8 Å². The minimum Gasteiger partial charge on any atom is -0.478 e. The molecule has 5 heteroatoms. The van der Waals surface area contributed by atoms with E-state index >= 15 is 0 Å². The van der Waals surface area contributed by atoms with Gasteiger partial charge in [0, 0.05) is 6.92 Å². The van der Waals surface area contributed by atoms with Crippen molar-refractivity contribution in [3.8, 4) is 5.75 Å². The van der Waals surface area contributed by atoms with Gasteiger partial charge in [0.05, 0.1) is 0 Å². The number of hydrogen-bond acceptors (Lipinski definition) is 3. The SMILES string of the molecule is CC(=O)Oc1ccccc1C(=O)O.[MgH2]. The second kappa shape index (κ2) is 5.61. The number of ether oxygens (including phenoxy) is 1. The molecule has 72 valence electrons. The first-order valence-corrected chi connectivity index (χ1v) is 3.62. The number of carbonyl (C=O) groups is 2. The molecule has 0 saturated heterocycles. The van der Waals surface area contributed by atoms with Crippen LogP contribution in [-0.2, 0) is 4.79 Å². The zero-order valence-electron chi connectivity index (χ0n) is 6.98. The number of para-hydroxylation sites is 1. The van der Waals surface area contributed by atoms with E-state index < -0.39 is 11.9 Å². The fourth-order valence-corrected chi connectivity index (χ4v) is 0.887. The van der Waals surface area contributed by atoms with Crippen molar-refractivity contribution in [1.29, 1.82) is 0 Å². The third-order valence-corrected chi connectivity index (χ3v) is 1.37. The summed E-state index contributed by atoms with van der Waals surface area (Å²) in [6.07, 6.45) is 0. The molecule has 1 rings (SSSR count). The Morgan fingerprint density at radius 1 is 1.29 bits per heavy atom. The van der Waals surface area contributed by atoms with Crippen molar-refractivity contribution < 1.29 is 19.4 Å². The minimum absolute atomic E-state index is 0. The van der Waals surface area contributed by atoms with Crippen LogP contribution in [0.25, 0.3) is 0 Å². The van der Waals surface area contributed by atoms with Gasteiger partial charge in [0.2, 0.25) is 0 Å². The number of carbonyl (C=O) groups excluding carboxylic acids is 1. The predicted molar refractivity (Wildman–Crippen MR) is 53.3 cm³/mol. The third-order valence-electron chi connectivity index (χ3n) is 1.37. The van der Waals surface area contributed by atoms with E-state index in [1.165, 1.54) is 19.1 Å². The quantitative estimate of drug-likeness (QED) is 0.432. The standard InChI is InChI=1S/C9H8O4.Mg.2H/c1-6(10)13-8-5-3-2-4-7(8)9(11)12;;;/h2-5H,1H3,(H,11,12);;;. The van der Waals surface area contributed by atoms with E-state index in [-0.39, 0.29) is 34.4 Å². The lowest BCUT2D eigenvalue weighted by Crippen LogP contribution is -2.06. The van der Waals surface area contributed by atoms with E-state index in [9.17, 15) is 9.59 Å². The number of esters is 1. The number of aromatic carboxylic acids is 1. The normalized spacial score (nSPS) is 8.64. The summed E-state index contributed by atoms with van der Waals surface area (Å²) in [5.74, 6) is -1.58. The first kappa shape index (κ1) is 12.9. The molecule has 0 atom stereocenters. The Bertz CT molecular complexity index is 348. The highest BCUT2D eigenvalue weighted by molar-refractivity contribution is 5.91. The maximum absolute atomic E-state index is 10.6. The molecule has 14 heavy (non-hydrogen) atoms. The average molecular weight is 206 g/mol. The fraction of sp³-hybridized carbons (Fsp3) is 0.111. The van der Waals surface area contributed by atoms with Crippen LogP contribution in [0.1, 0.15) is 17.3 Å². The molecule has 1 aromatic rings. The van der Waals surface area contributed by atoms with Crippen molar-refractivity contribution in [2.75, 3.05) is 0 Å². The van der Waals surface area contributed by atoms with E-state index in [1.54, 1.807) is 12.1 Å². The summed E-state index contributed by atoms with van der Waals surface area (Å²) < 4.78 is 4.69. The zero-order chi connectivity index (χ0) is 9.84. The van der Waals surface area contributed by atoms with E-state index in [2.05, 4.69) is 4.74 Å². The Kier molecular flexibility index (Phi) is 5.18. The fourth-order valence-electron chi connectivity index (χ4n) is 0.887. The highest BCUT2D eigenvalue weighted by atomic mass is 24.3. The maximum atomic E-state index is 10.6. The minimum atomic E-state index is -1.11. The zero-order valence-corrected chi connectivity index (χ0v) is 6.98. The lowest BCUT2D eigenvalue weighted by atomic mass is 10.2. The first-order chi connectivity index (χ1) is 6.11. The van der Waals surface area contributed by atoms with Crippen molar-refractivity contribution in [2.45, 2.75) is 6.92 Å². The highest BCUT2D eigenvalue weighted by Gasteiger charge is 2.10. The molecule has 0 saturated carbocycles. The molecular formula is C9H10MgO4. The van der Waals surface area contributed by atoms with Gasteiger partial charge in [-0.2, -0.15) is 0 Å². The van der Waals surface area contributed by atoms with Crippen LogP contribution in [0.2, 0.25) is 0 Å². The number of hydrogen-bond donors (Lipinski definition) is 1. The Hall–Kier alpha value is -1.07. The van der Waals surface area contributed by atoms with Gasteiger partial charge in [-0.25, -0.2) is 4.79 Å². The molecule has 0 aliphatic carbocycles. The molecule has 1 aromatic carbocycles. The molecule has 0 fully saturated rings. The second-order valence-electron chi connectivity index (χ2n) is 2.39. The Morgan fingerprint density at radius 3 is 2.36 bits per heavy atom. The number of rotatable bonds is 2. The van der Waals surface area contributed by atoms with E-state index in [1.807, 2.05) is 0 Å². The van der Waals surface area contributed by atoms with Gasteiger partial charge in [-0.3, -0.25) is 4.79 Å². The van der Waals surface area contributed by atoms with Crippen LogP contribution < -0.4 is 4.74 Å². The maximum Gasteiger partial charge on any atom is 0.339 e. The van der Waals surface area contributed by atoms with Crippen LogP contribution in [0.3, 0.4) is 0 Å². The van der Waals surface area contributed by atoms with Gasteiger partial charge in [0.1, 0.15) is 11.3 Å². The van der Waals surface area contributed by atoms with Crippen molar-refractivity contribution in [1.82, 2.24) is 0 Å².